The molecule has 1 amide bonds. The summed E-state index contributed by atoms with van der Waals surface area (Å²) in [5.74, 6) is 0.124. The monoisotopic (exact) mass is 322 g/mol. The fourth-order valence-electron chi connectivity index (χ4n) is 3.53. The van der Waals surface area contributed by atoms with Gasteiger partial charge < -0.3 is 13.9 Å². The average Bonchev–Trinajstić information content (AvgIpc) is 3.07. The molecule has 1 aliphatic heterocycles. The van der Waals surface area contributed by atoms with Gasteiger partial charge in [-0.2, -0.15) is 0 Å². The predicted octanol–water partition coefficient (Wildman–Crippen LogP) is 4.30. The largest absolute Gasteiger partial charge is 0.463 e. The van der Waals surface area contributed by atoms with Crippen LogP contribution in [0.25, 0.3) is 11.1 Å². The molecule has 1 aromatic carbocycles. The molecular weight excluding hydrogens is 300 g/mol. The number of fused-ring (bicyclic) bond motifs is 1. The number of furan rings is 1. The van der Waals surface area contributed by atoms with E-state index in [1.165, 1.54) is 18.4 Å². The van der Waals surface area contributed by atoms with Gasteiger partial charge in [0.25, 0.3) is 5.91 Å². The smallest absolute Gasteiger partial charge is 0.270 e. The van der Waals surface area contributed by atoms with Crippen molar-refractivity contribution in [1.82, 2.24) is 9.47 Å². The molecule has 4 heteroatoms. The molecule has 0 spiro atoms. The van der Waals surface area contributed by atoms with Crippen molar-refractivity contribution < 1.29 is 9.21 Å². The van der Waals surface area contributed by atoms with Gasteiger partial charge >= 0.3 is 0 Å². The second-order valence-electron chi connectivity index (χ2n) is 6.48. The van der Waals surface area contributed by atoms with Gasteiger partial charge in [0, 0.05) is 31.8 Å². The zero-order chi connectivity index (χ0) is 16.4. The highest BCUT2D eigenvalue weighted by Gasteiger charge is 2.23. The maximum atomic E-state index is 13.1. The van der Waals surface area contributed by atoms with Crippen molar-refractivity contribution in [2.45, 2.75) is 32.2 Å². The lowest BCUT2D eigenvalue weighted by Gasteiger charge is -2.21. The number of benzene rings is 1. The Morgan fingerprint density at radius 3 is 2.50 bits per heavy atom. The molecule has 3 aromatic rings. The van der Waals surface area contributed by atoms with Gasteiger partial charge in [0.1, 0.15) is 5.69 Å². The van der Waals surface area contributed by atoms with E-state index in [1.54, 1.807) is 6.26 Å². The summed E-state index contributed by atoms with van der Waals surface area (Å²) in [6.07, 6.45) is 6.32. The quantitative estimate of drug-likeness (QED) is 0.721. The zero-order valence-electron chi connectivity index (χ0n) is 13.8. The standard InChI is InChI=1S/C20H22N2O2/c23-20(21-11-6-1-2-7-12-21)18-14-19-17(10-13-24-19)22(18)15-16-8-4-3-5-9-16/h3-5,8-10,13-14H,1-2,6-7,11-12,15H2. The van der Waals surface area contributed by atoms with E-state index in [0.717, 1.165) is 42.7 Å². The molecule has 0 radical (unpaired) electrons. The van der Waals surface area contributed by atoms with E-state index in [4.69, 9.17) is 4.42 Å². The minimum Gasteiger partial charge on any atom is -0.463 e. The van der Waals surface area contributed by atoms with E-state index in [2.05, 4.69) is 16.7 Å². The summed E-state index contributed by atoms with van der Waals surface area (Å²) in [4.78, 5) is 15.1. The Morgan fingerprint density at radius 1 is 1.00 bits per heavy atom. The molecule has 4 nitrogen and oxygen atoms in total. The number of hydrogen-bond donors (Lipinski definition) is 0. The van der Waals surface area contributed by atoms with Crippen LogP contribution in [0, 0.1) is 0 Å². The van der Waals surface area contributed by atoms with Gasteiger partial charge in [0.2, 0.25) is 0 Å². The first kappa shape index (κ1) is 15.1. The van der Waals surface area contributed by atoms with Crippen molar-refractivity contribution in [1.29, 1.82) is 0 Å². The van der Waals surface area contributed by atoms with Crippen LogP contribution in [0.5, 0.6) is 0 Å². The third-order valence-corrected chi connectivity index (χ3v) is 4.82. The Labute approximate surface area is 141 Å². The Bertz CT molecular complexity index is 824. The molecule has 2 aromatic heterocycles. The van der Waals surface area contributed by atoms with Gasteiger partial charge in [-0.05, 0) is 18.4 Å². The summed E-state index contributed by atoms with van der Waals surface area (Å²) in [6, 6.07) is 14.1. The lowest BCUT2D eigenvalue weighted by molar-refractivity contribution is 0.0751. The first-order chi connectivity index (χ1) is 11.8. The highest BCUT2D eigenvalue weighted by Crippen LogP contribution is 2.24. The predicted molar refractivity (Wildman–Crippen MR) is 94.1 cm³/mol. The number of rotatable bonds is 3. The molecule has 124 valence electrons. The van der Waals surface area contributed by atoms with Gasteiger partial charge in [-0.15, -0.1) is 0 Å². The highest BCUT2D eigenvalue weighted by atomic mass is 16.3. The molecule has 0 aliphatic carbocycles. The maximum absolute atomic E-state index is 13.1. The van der Waals surface area contributed by atoms with Crippen molar-refractivity contribution in [2.24, 2.45) is 0 Å². The minimum absolute atomic E-state index is 0.124. The van der Waals surface area contributed by atoms with Crippen LogP contribution in [0.3, 0.4) is 0 Å². The molecule has 0 unspecified atom stereocenters. The number of aromatic nitrogens is 1. The molecule has 1 fully saturated rings. The number of carbonyl (C=O) groups is 1. The van der Waals surface area contributed by atoms with Crippen molar-refractivity contribution in [3.63, 3.8) is 0 Å². The number of amides is 1. The molecule has 0 atom stereocenters. The fourth-order valence-corrected chi connectivity index (χ4v) is 3.53. The molecule has 0 bridgehead atoms. The molecule has 24 heavy (non-hydrogen) atoms. The van der Waals surface area contributed by atoms with E-state index in [1.807, 2.05) is 35.2 Å². The summed E-state index contributed by atoms with van der Waals surface area (Å²) in [6.45, 7) is 2.40. The summed E-state index contributed by atoms with van der Waals surface area (Å²) in [5.41, 5.74) is 3.68. The molecule has 4 rings (SSSR count). The Hall–Kier alpha value is -2.49. The van der Waals surface area contributed by atoms with Crippen molar-refractivity contribution >= 4 is 17.0 Å². The van der Waals surface area contributed by atoms with Crippen LogP contribution in [0.15, 0.2) is 53.1 Å². The van der Waals surface area contributed by atoms with Crippen LogP contribution in [0.1, 0.15) is 41.7 Å². The highest BCUT2D eigenvalue weighted by molar-refractivity contribution is 5.97. The fraction of sp³-hybridized carbons (Fsp3) is 0.350. The third kappa shape index (κ3) is 2.84. The molecule has 1 saturated heterocycles. The zero-order valence-corrected chi connectivity index (χ0v) is 13.8. The van der Waals surface area contributed by atoms with E-state index in [-0.39, 0.29) is 5.91 Å². The summed E-state index contributed by atoms with van der Waals surface area (Å²) >= 11 is 0. The minimum atomic E-state index is 0.124. The molecular formula is C20H22N2O2. The number of hydrogen-bond acceptors (Lipinski definition) is 2. The first-order valence-corrected chi connectivity index (χ1v) is 8.73. The lowest BCUT2D eigenvalue weighted by atomic mass is 10.2. The maximum Gasteiger partial charge on any atom is 0.270 e. The van der Waals surface area contributed by atoms with Gasteiger partial charge in [-0.1, -0.05) is 43.2 Å². The Morgan fingerprint density at radius 2 is 1.75 bits per heavy atom. The van der Waals surface area contributed by atoms with Gasteiger partial charge in [-0.3, -0.25) is 4.79 Å². The van der Waals surface area contributed by atoms with Gasteiger partial charge in [-0.25, -0.2) is 0 Å². The van der Waals surface area contributed by atoms with E-state index < -0.39 is 0 Å². The summed E-state index contributed by atoms with van der Waals surface area (Å²) in [5, 5.41) is 0. The third-order valence-electron chi connectivity index (χ3n) is 4.82. The van der Waals surface area contributed by atoms with E-state index in [0.29, 0.717) is 6.54 Å². The molecule has 0 saturated carbocycles. The molecule has 1 aliphatic rings. The molecule has 0 N–H and O–H groups in total. The van der Waals surface area contributed by atoms with Crippen LogP contribution in [0.2, 0.25) is 0 Å². The van der Waals surface area contributed by atoms with E-state index in [9.17, 15) is 4.79 Å². The van der Waals surface area contributed by atoms with Gasteiger partial charge in [0.05, 0.1) is 11.8 Å². The second-order valence-corrected chi connectivity index (χ2v) is 6.48. The number of likely N-dealkylation sites (tertiary alicyclic amines) is 1. The van der Waals surface area contributed by atoms with Crippen LogP contribution >= 0.6 is 0 Å². The van der Waals surface area contributed by atoms with Crippen molar-refractivity contribution in [3.8, 4) is 0 Å². The topological polar surface area (TPSA) is 38.4 Å². The average molecular weight is 322 g/mol. The van der Waals surface area contributed by atoms with Crippen molar-refractivity contribution in [2.75, 3.05) is 13.1 Å². The van der Waals surface area contributed by atoms with Crippen LogP contribution in [-0.4, -0.2) is 28.5 Å². The Kier molecular flexibility index (Phi) is 4.11. The SMILES string of the molecule is O=C(c1cc2occc2n1Cc1ccccc1)N1CCCCCC1. The number of carbonyl (C=O) groups excluding carboxylic acids is 1. The van der Waals surface area contributed by atoms with Crippen molar-refractivity contribution in [3.05, 3.63) is 60.0 Å². The summed E-state index contributed by atoms with van der Waals surface area (Å²) in [7, 11) is 0. The normalized spacial score (nSPS) is 15.6. The van der Waals surface area contributed by atoms with Gasteiger partial charge in [0.15, 0.2) is 5.58 Å². The molecule has 3 heterocycles. The van der Waals surface area contributed by atoms with Crippen LogP contribution < -0.4 is 0 Å². The first-order valence-electron chi connectivity index (χ1n) is 8.73. The summed E-state index contributed by atoms with van der Waals surface area (Å²) < 4.78 is 7.63. The lowest BCUT2D eigenvalue weighted by Crippen LogP contribution is -2.33. The second kappa shape index (κ2) is 6.56. The number of nitrogens with zero attached hydrogens (tertiary/aromatic N) is 2. The van der Waals surface area contributed by atoms with Crippen LogP contribution in [0.4, 0.5) is 0 Å². The Balaban J connectivity index is 1.70. The van der Waals surface area contributed by atoms with E-state index >= 15 is 0 Å². The van der Waals surface area contributed by atoms with Crippen LogP contribution in [-0.2, 0) is 6.54 Å².